The number of nitrogens with one attached hydrogen (secondary N) is 1. The summed E-state index contributed by atoms with van der Waals surface area (Å²) in [6, 6.07) is 1.10. The van der Waals surface area contributed by atoms with Gasteiger partial charge in [0.2, 0.25) is 10.0 Å². The van der Waals surface area contributed by atoms with Gasteiger partial charge in [-0.25, -0.2) is 8.42 Å². The molecule has 0 saturated heterocycles. The van der Waals surface area contributed by atoms with Crippen LogP contribution in [0.15, 0.2) is 17.0 Å². The molecule has 0 saturated carbocycles. The molecule has 1 unspecified atom stereocenters. The first-order valence-electron chi connectivity index (χ1n) is 5.76. The maximum Gasteiger partial charge on any atom is 0.322 e. The van der Waals surface area contributed by atoms with Gasteiger partial charge in [-0.05, 0) is 17.5 Å². The molecular weight excluding hydrogens is 361 g/mol. The van der Waals surface area contributed by atoms with E-state index in [9.17, 15) is 18.3 Å². The lowest BCUT2D eigenvalue weighted by atomic mass is 9.88. The van der Waals surface area contributed by atoms with E-state index in [4.69, 9.17) is 34.8 Å². The molecule has 0 aliphatic rings. The third kappa shape index (κ3) is 4.47. The van der Waals surface area contributed by atoms with E-state index in [1.54, 1.807) is 20.8 Å². The number of hydrogen-bond acceptors (Lipinski definition) is 3. The van der Waals surface area contributed by atoms with Crippen LogP contribution in [-0.4, -0.2) is 25.5 Å². The molecule has 0 aliphatic heterocycles. The highest BCUT2D eigenvalue weighted by Gasteiger charge is 2.36. The van der Waals surface area contributed by atoms with Crippen LogP contribution in [0.3, 0.4) is 0 Å². The first-order chi connectivity index (χ1) is 9.36. The van der Waals surface area contributed by atoms with Gasteiger partial charge >= 0.3 is 5.97 Å². The topological polar surface area (TPSA) is 83.5 Å². The number of rotatable bonds is 4. The Hall–Kier alpha value is -0.530. The second-order valence-electron chi connectivity index (χ2n) is 5.46. The first kappa shape index (κ1) is 18.5. The van der Waals surface area contributed by atoms with E-state index >= 15 is 0 Å². The maximum absolute atomic E-state index is 12.4. The molecule has 0 radical (unpaired) electrons. The Morgan fingerprint density at radius 2 is 1.62 bits per heavy atom. The van der Waals surface area contributed by atoms with E-state index in [2.05, 4.69) is 4.72 Å². The average molecular weight is 375 g/mol. The van der Waals surface area contributed by atoms with Gasteiger partial charge in [-0.2, -0.15) is 4.72 Å². The van der Waals surface area contributed by atoms with Crippen LogP contribution < -0.4 is 4.72 Å². The molecule has 0 amide bonds. The minimum absolute atomic E-state index is 0.176. The standard InChI is InChI=1S/C12H14Cl3NO4S/c1-12(2,3)10(11(17)18)16-21(19,20)9-7(14)4-6(13)5-8(9)15/h4-5,10,16H,1-3H3,(H,17,18). The molecule has 1 aromatic rings. The van der Waals surface area contributed by atoms with Crippen LogP contribution in [-0.2, 0) is 14.8 Å². The molecule has 0 fully saturated rings. The van der Waals surface area contributed by atoms with Gasteiger partial charge in [0.25, 0.3) is 0 Å². The predicted molar refractivity (Wildman–Crippen MR) is 82.7 cm³/mol. The van der Waals surface area contributed by atoms with Gasteiger partial charge in [-0.3, -0.25) is 4.79 Å². The minimum Gasteiger partial charge on any atom is -0.480 e. The summed E-state index contributed by atoms with van der Waals surface area (Å²) in [5, 5.41) is 9.00. The van der Waals surface area contributed by atoms with Gasteiger partial charge in [0.05, 0.1) is 10.0 Å². The van der Waals surface area contributed by atoms with Crippen LogP contribution in [0.5, 0.6) is 0 Å². The fourth-order valence-corrected chi connectivity index (χ4v) is 4.54. The minimum atomic E-state index is -4.22. The van der Waals surface area contributed by atoms with Crippen molar-refractivity contribution in [3.05, 3.63) is 27.2 Å². The van der Waals surface area contributed by atoms with E-state index < -0.39 is 32.3 Å². The quantitative estimate of drug-likeness (QED) is 0.846. The van der Waals surface area contributed by atoms with Crippen molar-refractivity contribution in [2.24, 2.45) is 5.41 Å². The summed E-state index contributed by atoms with van der Waals surface area (Å²) in [5.74, 6) is -1.30. The van der Waals surface area contributed by atoms with Crippen molar-refractivity contribution in [3.8, 4) is 0 Å². The van der Waals surface area contributed by atoms with E-state index in [1.807, 2.05) is 0 Å². The van der Waals surface area contributed by atoms with Crippen molar-refractivity contribution in [1.29, 1.82) is 0 Å². The van der Waals surface area contributed by atoms with E-state index in [-0.39, 0.29) is 15.1 Å². The lowest BCUT2D eigenvalue weighted by Gasteiger charge is -2.27. The normalized spacial score (nSPS) is 14.0. The molecule has 0 heterocycles. The molecule has 5 nitrogen and oxygen atoms in total. The van der Waals surface area contributed by atoms with Crippen LogP contribution in [0.1, 0.15) is 20.8 Å². The highest BCUT2D eigenvalue weighted by Crippen LogP contribution is 2.33. The molecule has 1 rings (SSSR count). The van der Waals surface area contributed by atoms with Gasteiger partial charge in [0.15, 0.2) is 0 Å². The van der Waals surface area contributed by atoms with E-state index in [0.717, 1.165) is 0 Å². The number of hydrogen-bond donors (Lipinski definition) is 2. The third-order valence-electron chi connectivity index (χ3n) is 2.62. The van der Waals surface area contributed by atoms with Gasteiger partial charge in [-0.15, -0.1) is 0 Å². The van der Waals surface area contributed by atoms with Crippen LogP contribution in [0, 0.1) is 5.41 Å². The Bertz CT molecular complexity index is 645. The first-order valence-corrected chi connectivity index (χ1v) is 8.37. The number of halogens is 3. The smallest absolute Gasteiger partial charge is 0.322 e. The van der Waals surface area contributed by atoms with Crippen molar-refractivity contribution < 1.29 is 18.3 Å². The third-order valence-corrected chi connectivity index (χ3v) is 5.18. The fourth-order valence-electron chi connectivity index (χ4n) is 1.60. The maximum atomic E-state index is 12.4. The number of carboxylic acid groups (broad SMARTS) is 1. The Labute approximate surface area is 138 Å². The highest BCUT2D eigenvalue weighted by atomic mass is 35.5. The van der Waals surface area contributed by atoms with Crippen molar-refractivity contribution >= 4 is 50.8 Å². The van der Waals surface area contributed by atoms with Crippen LogP contribution in [0.25, 0.3) is 0 Å². The molecule has 0 aliphatic carbocycles. The molecule has 1 aromatic carbocycles. The Balaban J connectivity index is 3.33. The number of aliphatic carboxylic acids is 1. The summed E-state index contributed by atoms with van der Waals surface area (Å²) in [6.07, 6.45) is 0. The SMILES string of the molecule is CC(C)(C)C(NS(=O)(=O)c1c(Cl)cc(Cl)cc1Cl)C(=O)O. The second kappa shape index (κ2) is 6.30. The van der Waals surface area contributed by atoms with Crippen molar-refractivity contribution in [1.82, 2.24) is 4.72 Å². The largest absolute Gasteiger partial charge is 0.480 e. The van der Waals surface area contributed by atoms with Crippen LogP contribution in [0.2, 0.25) is 15.1 Å². The molecule has 21 heavy (non-hydrogen) atoms. The Kier molecular flexibility index (Phi) is 5.56. The zero-order chi connectivity index (χ0) is 16.6. The van der Waals surface area contributed by atoms with Gasteiger partial charge in [0.1, 0.15) is 10.9 Å². The summed E-state index contributed by atoms with van der Waals surface area (Å²) >= 11 is 17.4. The van der Waals surface area contributed by atoms with E-state index in [1.165, 1.54) is 12.1 Å². The monoisotopic (exact) mass is 373 g/mol. The van der Waals surface area contributed by atoms with Crippen molar-refractivity contribution in [2.75, 3.05) is 0 Å². The molecule has 118 valence electrons. The molecule has 0 aromatic heterocycles. The van der Waals surface area contributed by atoms with Crippen LogP contribution >= 0.6 is 34.8 Å². The highest BCUT2D eigenvalue weighted by molar-refractivity contribution is 7.89. The molecule has 0 bridgehead atoms. The van der Waals surface area contributed by atoms with Gasteiger partial charge in [-0.1, -0.05) is 55.6 Å². The lowest BCUT2D eigenvalue weighted by Crippen LogP contribution is -2.49. The van der Waals surface area contributed by atoms with Gasteiger partial charge in [0, 0.05) is 5.02 Å². The summed E-state index contributed by atoms with van der Waals surface area (Å²) in [6.45, 7) is 4.79. The molecule has 9 heteroatoms. The molecule has 0 spiro atoms. The fraction of sp³-hybridized carbons (Fsp3) is 0.417. The number of sulfonamides is 1. The lowest BCUT2D eigenvalue weighted by molar-refractivity contribution is -0.141. The second-order valence-corrected chi connectivity index (χ2v) is 8.36. The molecule has 2 N–H and O–H groups in total. The zero-order valence-electron chi connectivity index (χ0n) is 11.4. The van der Waals surface area contributed by atoms with Crippen molar-refractivity contribution in [3.63, 3.8) is 0 Å². The molecule has 1 atom stereocenters. The number of carboxylic acids is 1. The predicted octanol–water partition coefficient (Wildman–Crippen LogP) is 3.42. The Morgan fingerprint density at radius 3 is 1.95 bits per heavy atom. The summed E-state index contributed by atoms with van der Waals surface area (Å²) < 4.78 is 26.8. The number of benzene rings is 1. The number of carbonyl (C=O) groups is 1. The van der Waals surface area contributed by atoms with E-state index in [0.29, 0.717) is 0 Å². The Morgan fingerprint density at radius 1 is 1.19 bits per heavy atom. The summed E-state index contributed by atoms with van der Waals surface area (Å²) in [4.78, 5) is 10.9. The van der Waals surface area contributed by atoms with Crippen molar-refractivity contribution in [2.45, 2.75) is 31.7 Å². The summed E-state index contributed by atoms with van der Waals surface area (Å²) in [7, 11) is -4.22. The molecular formula is C12H14Cl3NO4S. The average Bonchev–Trinajstić information content (AvgIpc) is 2.21. The van der Waals surface area contributed by atoms with Crippen LogP contribution in [0.4, 0.5) is 0 Å². The zero-order valence-corrected chi connectivity index (χ0v) is 14.5. The van der Waals surface area contributed by atoms with Gasteiger partial charge < -0.3 is 5.11 Å². The summed E-state index contributed by atoms with van der Waals surface area (Å²) in [5.41, 5.74) is -0.843.